The van der Waals surface area contributed by atoms with E-state index in [0.29, 0.717) is 18.6 Å². The fourth-order valence-corrected chi connectivity index (χ4v) is 2.76. The molecular weight excluding hydrogens is 254 g/mol. The average molecular weight is 263 g/mol. The van der Waals surface area contributed by atoms with E-state index in [0.717, 1.165) is 4.88 Å². The molecule has 0 bridgehead atoms. The molecule has 18 heavy (non-hydrogen) atoms. The SMILES string of the molecule is O=C1OCCC1Nc1c(-c2cccs2)c(=O)c1=O. The smallest absolute Gasteiger partial charge is 0.328 e. The molecule has 1 aliphatic rings. The van der Waals surface area contributed by atoms with Crippen LogP contribution in [0, 0.1) is 0 Å². The second-order valence-electron chi connectivity index (χ2n) is 4.04. The minimum absolute atomic E-state index is 0.242. The summed E-state index contributed by atoms with van der Waals surface area (Å²) in [6, 6.07) is 3.07. The minimum atomic E-state index is -0.557. The number of ether oxygens (including phenoxy) is 1. The minimum Gasteiger partial charge on any atom is -0.464 e. The lowest BCUT2D eigenvalue weighted by Crippen LogP contribution is -2.39. The number of cyclic esters (lactones) is 1. The van der Waals surface area contributed by atoms with Gasteiger partial charge < -0.3 is 10.1 Å². The molecule has 1 fully saturated rings. The fourth-order valence-electron chi connectivity index (χ4n) is 1.99. The Morgan fingerprint density at radius 1 is 1.28 bits per heavy atom. The fraction of sp³-hybridized carbons (Fsp3) is 0.250. The molecule has 1 aliphatic heterocycles. The van der Waals surface area contributed by atoms with Crippen LogP contribution in [-0.2, 0) is 9.53 Å². The molecule has 1 saturated heterocycles. The van der Waals surface area contributed by atoms with Gasteiger partial charge in [0.1, 0.15) is 6.04 Å². The zero-order chi connectivity index (χ0) is 12.7. The van der Waals surface area contributed by atoms with Gasteiger partial charge in [0.05, 0.1) is 17.9 Å². The molecular formula is C12H9NO4S. The summed E-state index contributed by atoms with van der Waals surface area (Å²) in [6.07, 6.45) is 0.515. The Bertz CT molecular complexity index is 667. The maximum absolute atomic E-state index is 11.6. The Labute approximate surface area is 106 Å². The van der Waals surface area contributed by atoms with Crippen LogP contribution >= 0.6 is 11.3 Å². The molecule has 3 rings (SSSR count). The second-order valence-corrected chi connectivity index (χ2v) is 4.99. The zero-order valence-corrected chi connectivity index (χ0v) is 10.1. The number of hydrogen-bond donors (Lipinski definition) is 1. The van der Waals surface area contributed by atoms with E-state index in [4.69, 9.17) is 4.74 Å². The van der Waals surface area contributed by atoms with Crippen LogP contribution in [0.4, 0.5) is 5.69 Å². The molecule has 2 heterocycles. The van der Waals surface area contributed by atoms with Crippen molar-refractivity contribution in [2.75, 3.05) is 11.9 Å². The first-order valence-corrected chi connectivity index (χ1v) is 6.37. The third kappa shape index (κ3) is 1.57. The van der Waals surface area contributed by atoms with Crippen molar-refractivity contribution in [1.82, 2.24) is 0 Å². The Kier molecular flexibility index (Phi) is 2.52. The van der Waals surface area contributed by atoms with Gasteiger partial charge in [-0.05, 0) is 11.4 Å². The standard InChI is InChI=1S/C12H9NO4S/c14-10-8(7-2-1-5-18-7)9(11(10)15)13-6-3-4-17-12(6)16/h1-2,5-6,13H,3-4H2. The molecule has 1 aromatic heterocycles. The van der Waals surface area contributed by atoms with Crippen molar-refractivity contribution in [1.29, 1.82) is 0 Å². The van der Waals surface area contributed by atoms with Crippen LogP contribution in [0.2, 0.25) is 0 Å². The van der Waals surface area contributed by atoms with E-state index < -0.39 is 16.9 Å². The van der Waals surface area contributed by atoms with Crippen LogP contribution in [0.3, 0.4) is 0 Å². The van der Waals surface area contributed by atoms with E-state index in [1.807, 2.05) is 11.4 Å². The van der Waals surface area contributed by atoms with Gasteiger partial charge in [0, 0.05) is 11.3 Å². The van der Waals surface area contributed by atoms with Crippen molar-refractivity contribution >= 4 is 23.0 Å². The van der Waals surface area contributed by atoms with Gasteiger partial charge >= 0.3 is 5.97 Å². The summed E-state index contributed by atoms with van der Waals surface area (Å²) in [6.45, 7) is 0.347. The van der Waals surface area contributed by atoms with Gasteiger partial charge in [-0.2, -0.15) is 0 Å². The molecule has 5 nitrogen and oxygen atoms in total. The van der Waals surface area contributed by atoms with Gasteiger partial charge in [0.2, 0.25) is 10.9 Å². The molecule has 6 heteroatoms. The summed E-state index contributed by atoms with van der Waals surface area (Å²) in [5, 5.41) is 4.66. The molecule has 0 radical (unpaired) electrons. The summed E-state index contributed by atoms with van der Waals surface area (Å²) in [4.78, 5) is 35.2. The van der Waals surface area contributed by atoms with Crippen molar-refractivity contribution in [3.63, 3.8) is 0 Å². The van der Waals surface area contributed by atoms with E-state index in [-0.39, 0.29) is 11.7 Å². The van der Waals surface area contributed by atoms with Crippen LogP contribution in [0.5, 0.6) is 0 Å². The van der Waals surface area contributed by atoms with Crippen LogP contribution in [0.15, 0.2) is 27.1 Å². The predicted octanol–water partition coefficient (Wildman–Crippen LogP) is 0.738. The molecule has 1 aromatic carbocycles. The Hall–Kier alpha value is -1.95. The molecule has 0 saturated carbocycles. The van der Waals surface area contributed by atoms with Gasteiger partial charge in [0.25, 0.3) is 0 Å². The summed E-state index contributed by atoms with van der Waals surface area (Å²) < 4.78 is 4.81. The van der Waals surface area contributed by atoms with Gasteiger partial charge in [-0.1, -0.05) is 6.07 Å². The Morgan fingerprint density at radius 3 is 2.72 bits per heavy atom. The van der Waals surface area contributed by atoms with Crippen LogP contribution in [-0.4, -0.2) is 18.6 Å². The molecule has 1 unspecified atom stereocenters. The highest BCUT2D eigenvalue weighted by molar-refractivity contribution is 7.13. The first-order chi connectivity index (χ1) is 8.68. The molecule has 0 spiro atoms. The molecule has 1 N–H and O–H groups in total. The van der Waals surface area contributed by atoms with Gasteiger partial charge in [0.15, 0.2) is 0 Å². The summed E-state index contributed by atoms with van der Waals surface area (Å²) in [5.41, 5.74) is -0.426. The van der Waals surface area contributed by atoms with Gasteiger partial charge in [-0.25, -0.2) is 4.79 Å². The maximum atomic E-state index is 11.6. The third-order valence-corrected chi connectivity index (χ3v) is 3.82. The number of esters is 1. The number of carbonyl (C=O) groups is 1. The van der Waals surface area contributed by atoms with Crippen LogP contribution in [0.25, 0.3) is 10.4 Å². The summed E-state index contributed by atoms with van der Waals surface area (Å²) in [7, 11) is 0. The van der Waals surface area contributed by atoms with Crippen molar-refractivity contribution in [2.24, 2.45) is 0 Å². The summed E-state index contributed by atoms with van der Waals surface area (Å²) >= 11 is 1.39. The van der Waals surface area contributed by atoms with E-state index in [1.54, 1.807) is 6.07 Å². The highest BCUT2D eigenvalue weighted by Crippen LogP contribution is 2.28. The largest absolute Gasteiger partial charge is 0.464 e. The lowest BCUT2D eigenvalue weighted by Gasteiger charge is -2.14. The van der Waals surface area contributed by atoms with Crippen molar-refractivity contribution in [3.05, 3.63) is 38.0 Å². The lowest BCUT2D eigenvalue weighted by atomic mass is 10.0. The van der Waals surface area contributed by atoms with E-state index >= 15 is 0 Å². The first-order valence-electron chi connectivity index (χ1n) is 5.49. The molecule has 1 atom stereocenters. The van der Waals surface area contributed by atoms with Crippen LogP contribution < -0.4 is 16.2 Å². The number of hydrogen-bond acceptors (Lipinski definition) is 6. The average Bonchev–Trinajstić information content (AvgIpc) is 3.00. The third-order valence-electron chi connectivity index (χ3n) is 2.93. The maximum Gasteiger partial charge on any atom is 0.328 e. The number of rotatable bonds is 3. The van der Waals surface area contributed by atoms with Gasteiger partial charge in [-0.3, -0.25) is 9.59 Å². The topological polar surface area (TPSA) is 72.5 Å². The first kappa shape index (κ1) is 11.2. The Morgan fingerprint density at radius 2 is 2.11 bits per heavy atom. The number of thiophene rings is 1. The quantitative estimate of drug-likeness (QED) is 0.653. The van der Waals surface area contributed by atoms with E-state index in [9.17, 15) is 14.4 Å². The monoisotopic (exact) mass is 263 g/mol. The molecule has 0 amide bonds. The zero-order valence-electron chi connectivity index (χ0n) is 9.26. The molecule has 2 aromatic rings. The second kappa shape index (κ2) is 4.06. The van der Waals surface area contributed by atoms with Crippen LogP contribution in [0.1, 0.15) is 6.42 Å². The van der Waals surface area contributed by atoms with E-state index in [1.165, 1.54) is 11.3 Å². The lowest BCUT2D eigenvalue weighted by molar-refractivity contribution is -0.138. The molecule has 92 valence electrons. The molecule has 0 aliphatic carbocycles. The Balaban J connectivity index is 1.94. The normalized spacial score (nSPS) is 19.1. The summed E-state index contributed by atoms with van der Waals surface area (Å²) in [5.74, 6) is -0.375. The van der Waals surface area contributed by atoms with Crippen molar-refractivity contribution in [3.8, 4) is 10.4 Å². The number of carbonyl (C=O) groups excluding carboxylic acids is 1. The van der Waals surface area contributed by atoms with Gasteiger partial charge in [-0.15, -0.1) is 11.3 Å². The van der Waals surface area contributed by atoms with Crippen molar-refractivity contribution < 1.29 is 9.53 Å². The highest BCUT2D eigenvalue weighted by atomic mass is 32.1. The predicted molar refractivity (Wildman–Crippen MR) is 67.7 cm³/mol. The van der Waals surface area contributed by atoms with E-state index in [2.05, 4.69) is 5.32 Å². The highest BCUT2D eigenvalue weighted by Gasteiger charge is 2.31. The number of anilines is 1. The van der Waals surface area contributed by atoms with Crippen molar-refractivity contribution in [2.45, 2.75) is 12.5 Å². The number of nitrogens with one attached hydrogen (secondary N) is 1.